The van der Waals surface area contributed by atoms with Crippen LogP contribution in [0, 0.1) is 23.7 Å². The Morgan fingerprint density at radius 1 is 0.886 bits per heavy atom. The third-order valence-electron chi connectivity index (χ3n) is 16.6. The maximum atomic E-state index is 15.0. The molecule has 428 valence electrons. The predicted octanol–water partition coefficient (Wildman–Crippen LogP) is 5.45. The lowest BCUT2D eigenvalue weighted by Crippen LogP contribution is -2.60. The van der Waals surface area contributed by atoms with Crippen molar-refractivity contribution in [2.75, 3.05) is 27.2 Å². The van der Waals surface area contributed by atoms with Gasteiger partial charge in [-0.05, 0) is 103 Å². The first-order chi connectivity index (χ1) is 37.8. The Morgan fingerprint density at radius 2 is 1.63 bits per heavy atom. The number of ether oxygens (including phenoxy) is 5. The summed E-state index contributed by atoms with van der Waals surface area (Å²) in [4.78, 5) is 70.4. The van der Waals surface area contributed by atoms with E-state index in [9.17, 15) is 24.6 Å². The Hall–Kier alpha value is -6.30. The maximum absolute atomic E-state index is 15.0. The quantitative estimate of drug-likeness (QED) is 0.0592. The predicted molar refractivity (Wildman–Crippen MR) is 288 cm³/mol. The van der Waals surface area contributed by atoms with Crippen molar-refractivity contribution in [3.8, 4) is 16.9 Å². The number of Topliss-reactive ketones (excluding diaryl/α,β-unsaturated/α-hetero) is 2. The second-order valence-electron chi connectivity index (χ2n) is 22.3. The van der Waals surface area contributed by atoms with Crippen molar-refractivity contribution in [3.05, 3.63) is 90.7 Å². The number of rotatable bonds is 19. The summed E-state index contributed by atoms with van der Waals surface area (Å²) in [6.07, 6.45) is 8.65. The summed E-state index contributed by atoms with van der Waals surface area (Å²) in [5.41, 5.74) is 2.15. The Balaban J connectivity index is 0.941. The number of nitrogens with zero attached hydrogens (tertiary/aromatic N) is 11. The minimum absolute atomic E-state index is 0.0840. The van der Waals surface area contributed by atoms with Crippen LogP contribution in [-0.4, -0.2) is 169 Å². The molecule has 3 fully saturated rings. The number of cyclic esters (lactones) is 1. The zero-order valence-corrected chi connectivity index (χ0v) is 47.3. The van der Waals surface area contributed by atoms with Gasteiger partial charge < -0.3 is 48.3 Å². The van der Waals surface area contributed by atoms with Gasteiger partial charge in [0.05, 0.1) is 60.1 Å². The number of ketones is 2. The van der Waals surface area contributed by atoms with Gasteiger partial charge in [-0.2, -0.15) is 0 Å². The van der Waals surface area contributed by atoms with Crippen LogP contribution in [0.25, 0.3) is 16.9 Å². The molecule has 1 aromatic carbocycles. The van der Waals surface area contributed by atoms with E-state index in [1.54, 1.807) is 62.2 Å². The van der Waals surface area contributed by atoms with Gasteiger partial charge in [0, 0.05) is 93.9 Å². The summed E-state index contributed by atoms with van der Waals surface area (Å²) in [5.74, 6) is -5.25. The Bertz CT molecular complexity index is 2840. The van der Waals surface area contributed by atoms with E-state index in [0.29, 0.717) is 51.0 Å². The van der Waals surface area contributed by atoms with Gasteiger partial charge in [-0.15, -0.1) is 10.2 Å². The molecule has 0 spiro atoms. The molecule has 8 rings (SSSR count). The summed E-state index contributed by atoms with van der Waals surface area (Å²) >= 11 is 0. The molecule has 0 radical (unpaired) electrons. The Morgan fingerprint density at radius 3 is 2.33 bits per heavy atom. The average molecular weight is 1090 g/mol. The number of likely N-dealkylation sites (N-methyl/N-ethyl adjacent to an activating group) is 1. The average Bonchev–Trinajstić information content (AvgIpc) is 4.51. The van der Waals surface area contributed by atoms with E-state index < -0.39 is 89.4 Å². The fourth-order valence-corrected chi connectivity index (χ4v) is 11.9. The van der Waals surface area contributed by atoms with Gasteiger partial charge in [0.15, 0.2) is 17.7 Å². The number of aliphatic hydroxyl groups excluding tert-OH is 2. The first kappa shape index (κ1) is 58.8. The molecule has 22 heteroatoms. The number of carbonyl (C=O) groups is 4. The molecule has 5 aromatic rings. The van der Waals surface area contributed by atoms with Gasteiger partial charge in [0.2, 0.25) is 0 Å². The molecule has 7 heterocycles. The molecule has 22 nitrogen and oxygen atoms in total. The van der Waals surface area contributed by atoms with Crippen LogP contribution in [-0.2, 0) is 70.6 Å². The smallest absolute Gasteiger partial charge is 0.410 e. The van der Waals surface area contributed by atoms with Crippen LogP contribution >= 0.6 is 0 Å². The van der Waals surface area contributed by atoms with Crippen LogP contribution in [0.5, 0.6) is 0 Å². The number of methoxy groups -OCH3 is 1. The second kappa shape index (κ2) is 25.4. The number of fused-ring (bicyclic) bond motifs is 1. The van der Waals surface area contributed by atoms with E-state index in [-0.39, 0.29) is 37.9 Å². The standard InChI is InChI=1S/C57H79N11O11/c1-11-47-57(8)51(67(55(74)79-57)24-13-12-23-65-32-45(59-34-65)41-15-14-22-58-29-41)37(4)48(70)35(2)28-56(7,75-10)52(38(5)49(71)39(6)53(73)77-47)78-54-50(72)46(27-36(3)76-54)64(9)25-21-42-30-66(62-60-42)26-20-40-16-18-44(19-17-40)68-31-43(33-69)61-63-68/h14-19,22,29-32,34-39,46-47,50-52,54,69,72H,11-13,20-21,23-28,33H2,1-10H3/t35-,36-,37+,38+,39-,46+,47-,50-,51-,52-,54+,56-,57-/m1/s1. The number of carbonyl (C=O) groups excluding carboxylic acids is 4. The van der Waals surface area contributed by atoms with Crippen LogP contribution in [0.3, 0.4) is 0 Å². The van der Waals surface area contributed by atoms with E-state index in [4.69, 9.17) is 23.7 Å². The minimum atomic E-state index is -1.44. The molecular formula is C57H79N11O11. The molecule has 79 heavy (non-hydrogen) atoms. The van der Waals surface area contributed by atoms with Crippen molar-refractivity contribution >= 4 is 23.6 Å². The van der Waals surface area contributed by atoms with Gasteiger partial charge in [-0.25, -0.2) is 14.5 Å². The number of esters is 1. The zero-order chi connectivity index (χ0) is 56.8. The van der Waals surface area contributed by atoms with E-state index in [1.165, 1.54) is 14.0 Å². The Kier molecular flexibility index (Phi) is 18.9. The molecule has 3 aliphatic rings. The van der Waals surface area contributed by atoms with E-state index >= 15 is 4.79 Å². The van der Waals surface area contributed by atoms with Gasteiger partial charge in [0.25, 0.3) is 0 Å². The molecule has 3 aliphatic heterocycles. The number of aryl methyl sites for hydroxylation is 3. The molecule has 0 bridgehead atoms. The Labute approximate surface area is 462 Å². The van der Waals surface area contributed by atoms with Crippen molar-refractivity contribution < 1.29 is 53.1 Å². The fourth-order valence-electron chi connectivity index (χ4n) is 11.9. The third kappa shape index (κ3) is 13.2. The molecule has 13 atom stereocenters. The topological polar surface area (TPSA) is 253 Å². The van der Waals surface area contributed by atoms with E-state index in [0.717, 1.165) is 34.6 Å². The molecule has 0 aliphatic carbocycles. The highest BCUT2D eigenvalue weighted by atomic mass is 16.7. The van der Waals surface area contributed by atoms with Crippen molar-refractivity contribution in [2.24, 2.45) is 23.7 Å². The number of hydrogen-bond donors (Lipinski definition) is 2. The van der Waals surface area contributed by atoms with Gasteiger partial charge >= 0.3 is 12.1 Å². The number of aromatic nitrogens is 9. The minimum Gasteiger partial charge on any atom is -0.458 e. The molecule has 2 N–H and O–H groups in total. The van der Waals surface area contributed by atoms with E-state index in [1.807, 2.05) is 85.9 Å². The molecule has 0 saturated carbocycles. The van der Waals surface area contributed by atoms with Crippen molar-refractivity contribution in [2.45, 2.75) is 174 Å². The monoisotopic (exact) mass is 1090 g/mol. The highest BCUT2D eigenvalue weighted by molar-refractivity contribution is 6.00. The van der Waals surface area contributed by atoms with Crippen molar-refractivity contribution in [1.29, 1.82) is 0 Å². The third-order valence-corrected chi connectivity index (χ3v) is 16.6. The number of aliphatic hydroxyl groups is 2. The van der Waals surface area contributed by atoms with Gasteiger partial charge in [-0.3, -0.25) is 24.0 Å². The first-order valence-electron chi connectivity index (χ1n) is 27.7. The van der Waals surface area contributed by atoms with E-state index in [2.05, 4.69) is 35.5 Å². The van der Waals surface area contributed by atoms with Crippen LogP contribution in [0.2, 0.25) is 0 Å². The SMILES string of the molecule is CC[C@H]1OC(=O)[C@H](C)C(=O)[C@H](C)[C@@H](O[C@@H]2O[C@H](C)C[C@H](N(C)CCc3cn(CCc4ccc(-n5cc(CO)nn5)cc4)nn3)[C@H]2O)[C@](C)(OC)C[C@@H](C)C(=O)[C@H](C)[C@H]2N(CCCCn3cnc(-c4cccnc4)c3)C(=O)O[C@]12C. The molecule has 3 saturated heterocycles. The fraction of sp³-hybridized carbons (Fsp3) is 0.614. The lowest BCUT2D eigenvalue weighted by atomic mass is 9.73. The molecule has 1 amide bonds. The lowest BCUT2D eigenvalue weighted by molar-refractivity contribution is -0.296. The highest BCUT2D eigenvalue weighted by Gasteiger charge is 2.60. The molecule has 4 aromatic heterocycles. The molecular weight excluding hydrogens is 1010 g/mol. The number of amides is 1. The lowest BCUT2D eigenvalue weighted by Gasteiger charge is -2.47. The summed E-state index contributed by atoms with van der Waals surface area (Å²) in [6.45, 7) is 15.8. The number of unbranched alkanes of at least 4 members (excludes halogenated alkanes) is 1. The summed E-state index contributed by atoms with van der Waals surface area (Å²) < 4.78 is 37.4. The number of benzene rings is 1. The largest absolute Gasteiger partial charge is 0.458 e. The highest BCUT2D eigenvalue weighted by Crippen LogP contribution is 2.43. The second-order valence-corrected chi connectivity index (χ2v) is 22.3. The van der Waals surface area contributed by atoms with Crippen LogP contribution in [0.4, 0.5) is 4.79 Å². The first-order valence-corrected chi connectivity index (χ1v) is 27.7. The van der Waals surface area contributed by atoms with Crippen LogP contribution < -0.4 is 0 Å². The number of imidazole rings is 1. The van der Waals surface area contributed by atoms with Crippen molar-refractivity contribution in [1.82, 2.24) is 54.3 Å². The van der Waals surface area contributed by atoms with Crippen molar-refractivity contribution in [3.63, 3.8) is 0 Å². The molecule has 0 unspecified atom stereocenters. The number of hydrogen-bond acceptors (Lipinski definition) is 18. The summed E-state index contributed by atoms with van der Waals surface area (Å²) in [6, 6.07) is 10.5. The number of pyridine rings is 1. The maximum Gasteiger partial charge on any atom is 0.410 e. The summed E-state index contributed by atoms with van der Waals surface area (Å²) in [7, 11) is 3.42. The van der Waals surface area contributed by atoms with Crippen LogP contribution in [0.1, 0.15) is 104 Å². The summed E-state index contributed by atoms with van der Waals surface area (Å²) in [5, 5.41) is 38.3. The zero-order valence-electron chi connectivity index (χ0n) is 47.3. The van der Waals surface area contributed by atoms with Gasteiger partial charge in [0.1, 0.15) is 29.6 Å². The normalized spacial score (nSPS) is 30.1. The van der Waals surface area contributed by atoms with Gasteiger partial charge in [-0.1, -0.05) is 50.3 Å². The van der Waals surface area contributed by atoms with Crippen LogP contribution in [0.15, 0.2) is 73.7 Å².